The maximum absolute atomic E-state index is 14.8. The Hall–Kier alpha value is -4.87. The number of halogens is 4. The first-order valence-electron chi connectivity index (χ1n) is 18.6. The second kappa shape index (κ2) is 17.1. The zero-order valence-electron chi connectivity index (χ0n) is 31.1. The van der Waals surface area contributed by atoms with Gasteiger partial charge in [0.15, 0.2) is 5.78 Å². The van der Waals surface area contributed by atoms with E-state index < -0.39 is 46.6 Å². The zero-order chi connectivity index (χ0) is 39.2. The van der Waals surface area contributed by atoms with Gasteiger partial charge >= 0.3 is 6.18 Å². The van der Waals surface area contributed by atoms with E-state index in [1.165, 1.54) is 24.3 Å². The number of alkyl halides is 3. The first-order chi connectivity index (χ1) is 25.7. The quantitative estimate of drug-likeness (QED) is 0.101. The lowest BCUT2D eigenvalue weighted by Crippen LogP contribution is -2.60. The van der Waals surface area contributed by atoms with Crippen LogP contribution in [0.1, 0.15) is 87.9 Å². The number of nitrogens with one attached hydrogen (secondary N) is 3. The summed E-state index contributed by atoms with van der Waals surface area (Å²) < 4.78 is 56.7. The van der Waals surface area contributed by atoms with Crippen LogP contribution in [0, 0.1) is 29.5 Å². The van der Waals surface area contributed by atoms with Gasteiger partial charge in [0.25, 0.3) is 0 Å². The Morgan fingerprint density at radius 1 is 0.889 bits per heavy atom. The number of nitrogens with zero attached hydrogens (tertiary/aromatic N) is 1. The molecule has 0 aliphatic heterocycles. The van der Waals surface area contributed by atoms with Gasteiger partial charge in [0.1, 0.15) is 17.1 Å². The van der Waals surface area contributed by atoms with E-state index in [0.717, 1.165) is 6.07 Å². The highest BCUT2D eigenvalue weighted by molar-refractivity contribution is 5.99. The third kappa shape index (κ3) is 9.07. The van der Waals surface area contributed by atoms with Crippen LogP contribution >= 0.6 is 0 Å². The van der Waals surface area contributed by atoms with Crippen molar-refractivity contribution in [1.29, 1.82) is 0 Å². The van der Waals surface area contributed by atoms with Gasteiger partial charge in [0, 0.05) is 54.8 Å². The second-order valence-electron chi connectivity index (χ2n) is 14.7. The lowest BCUT2D eigenvalue weighted by molar-refractivity contribution is -0.139. The summed E-state index contributed by atoms with van der Waals surface area (Å²) in [4.78, 5) is 63.5. The van der Waals surface area contributed by atoms with E-state index >= 15 is 0 Å². The first-order valence-corrected chi connectivity index (χ1v) is 18.6. The lowest BCUT2D eigenvalue weighted by Gasteiger charge is -2.39. The molecule has 0 spiro atoms. The van der Waals surface area contributed by atoms with Gasteiger partial charge in [-0.2, -0.15) is 13.2 Å². The van der Waals surface area contributed by atoms with Gasteiger partial charge in [-0.1, -0.05) is 76.9 Å². The summed E-state index contributed by atoms with van der Waals surface area (Å²) >= 11 is 0. The Bertz CT molecular complexity index is 1980. The monoisotopic (exact) mass is 748 g/mol. The third-order valence-electron chi connectivity index (χ3n) is 11.2. The van der Waals surface area contributed by atoms with Crippen molar-refractivity contribution in [2.24, 2.45) is 23.7 Å². The summed E-state index contributed by atoms with van der Waals surface area (Å²) in [5.41, 5.74) is -0.611. The summed E-state index contributed by atoms with van der Waals surface area (Å²) in [7, 11) is 0. The topological polar surface area (TPSA) is 121 Å². The van der Waals surface area contributed by atoms with Crippen LogP contribution in [0.5, 0.6) is 0 Å². The average Bonchev–Trinajstić information content (AvgIpc) is 3.52. The van der Waals surface area contributed by atoms with Crippen LogP contribution in [0.15, 0.2) is 66.9 Å². The van der Waals surface area contributed by atoms with Crippen molar-refractivity contribution < 1.29 is 36.7 Å². The van der Waals surface area contributed by atoms with Gasteiger partial charge in [-0.05, 0) is 60.1 Å². The summed E-state index contributed by atoms with van der Waals surface area (Å²) in [6.45, 7) is 7.65. The number of para-hydroxylation sites is 1. The number of carbonyl (C=O) groups is 4. The van der Waals surface area contributed by atoms with Crippen LogP contribution in [0.3, 0.4) is 0 Å². The number of aromatic nitrogens is 2. The maximum Gasteiger partial charge on any atom is 0.418 e. The molecule has 12 heteroatoms. The fourth-order valence-electron chi connectivity index (χ4n) is 7.50. The molecule has 54 heavy (non-hydrogen) atoms. The lowest BCUT2D eigenvalue weighted by atomic mass is 9.72. The van der Waals surface area contributed by atoms with Gasteiger partial charge in [-0.3, -0.25) is 24.2 Å². The SMILES string of the molecule is CCC(C)[C@H](CC(=O)[C@@]1(NC(=O)[C@@H](CC(=O)Cc2ccccc2F)C(C)CC)CCc2[nH]c3c(C(F)(F)F)cccc3c2C1)C(=O)NCc1ccccn1. The average molecular weight is 749 g/mol. The molecule has 5 atom stereocenters. The van der Waals surface area contributed by atoms with Crippen LogP contribution in [-0.2, 0) is 51.2 Å². The number of ketones is 2. The fraction of sp³-hybridized carbons (Fsp3) is 0.452. The molecule has 0 radical (unpaired) electrons. The van der Waals surface area contributed by atoms with Crippen molar-refractivity contribution >= 4 is 34.3 Å². The summed E-state index contributed by atoms with van der Waals surface area (Å²) in [5.74, 6) is -4.33. The van der Waals surface area contributed by atoms with E-state index in [2.05, 4.69) is 20.6 Å². The Morgan fingerprint density at radius 2 is 1.57 bits per heavy atom. The predicted octanol–water partition coefficient (Wildman–Crippen LogP) is 7.87. The molecule has 0 saturated carbocycles. The first kappa shape index (κ1) is 40.3. The van der Waals surface area contributed by atoms with Gasteiger partial charge in [-0.25, -0.2) is 4.39 Å². The molecule has 2 aromatic carbocycles. The number of rotatable bonds is 16. The number of H-pyrrole nitrogens is 1. The highest BCUT2D eigenvalue weighted by Gasteiger charge is 2.47. The predicted molar refractivity (Wildman–Crippen MR) is 198 cm³/mol. The van der Waals surface area contributed by atoms with Crippen LogP contribution in [-0.4, -0.2) is 38.9 Å². The molecule has 8 nitrogen and oxygen atoms in total. The van der Waals surface area contributed by atoms with E-state index in [-0.39, 0.29) is 79.7 Å². The Labute approximate surface area is 312 Å². The van der Waals surface area contributed by atoms with Crippen molar-refractivity contribution in [2.45, 2.75) is 97.3 Å². The highest BCUT2D eigenvalue weighted by atomic mass is 19.4. The van der Waals surface area contributed by atoms with E-state index in [0.29, 0.717) is 35.2 Å². The number of benzene rings is 2. The molecule has 1 aliphatic rings. The molecule has 0 saturated heterocycles. The number of carbonyl (C=O) groups excluding carboxylic acids is 4. The van der Waals surface area contributed by atoms with Gasteiger partial charge in [0.05, 0.1) is 23.3 Å². The Morgan fingerprint density at radius 3 is 2.22 bits per heavy atom. The number of pyridine rings is 1. The third-order valence-corrected chi connectivity index (χ3v) is 11.2. The molecule has 2 aromatic heterocycles. The smallest absolute Gasteiger partial charge is 0.358 e. The van der Waals surface area contributed by atoms with Gasteiger partial charge in [0.2, 0.25) is 11.8 Å². The zero-order valence-corrected chi connectivity index (χ0v) is 31.1. The van der Waals surface area contributed by atoms with Crippen LogP contribution in [0.25, 0.3) is 10.9 Å². The Kier molecular flexibility index (Phi) is 12.7. The summed E-state index contributed by atoms with van der Waals surface area (Å²) in [6, 6.07) is 15.2. The van der Waals surface area contributed by atoms with Crippen LogP contribution in [0.2, 0.25) is 0 Å². The standard InChI is InChI=1S/C42H48F4N4O4/c1-5-25(3)31(21-29(51)20-27-12-7-8-16-35(27)43)40(54)50-41(18-17-36-33(23-41)30-14-11-15-34(38(30)49-36)42(44,45)46)37(52)22-32(26(4)6-2)39(53)48-24-28-13-9-10-19-47-28/h7-16,19,25-26,31-32,49H,5-6,17-18,20-24H2,1-4H3,(H,48,53)(H,50,54)/t25?,26?,31-,32-,41+/m0/s1. The minimum absolute atomic E-state index is 0.0674. The number of aryl methyl sites for hydroxylation is 1. The molecule has 2 amide bonds. The van der Waals surface area contributed by atoms with E-state index in [1.54, 1.807) is 36.5 Å². The van der Waals surface area contributed by atoms with Gasteiger partial charge in [-0.15, -0.1) is 0 Å². The number of hydrogen-bond acceptors (Lipinski definition) is 5. The maximum atomic E-state index is 14.8. The number of Topliss-reactive ketones (excluding diaryl/α,β-unsaturated/α-hetero) is 2. The molecule has 4 aromatic rings. The van der Waals surface area contributed by atoms with E-state index in [1.807, 2.05) is 27.7 Å². The summed E-state index contributed by atoms with van der Waals surface area (Å²) in [5, 5.41) is 6.24. The fourth-order valence-corrected chi connectivity index (χ4v) is 7.50. The molecular formula is C42H48F4N4O4. The van der Waals surface area contributed by atoms with Crippen molar-refractivity contribution in [3.05, 3.63) is 101 Å². The molecule has 0 bridgehead atoms. The van der Waals surface area contributed by atoms with E-state index in [9.17, 15) is 36.7 Å². The van der Waals surface area contributed by atoms with Crippen molar-refractivity contribution in [3.63, 3.8) is 0 Å². The molecule has 288 valence electrons. The second-order valence-corrected chi connectivity index (χ2v) is 14.7. The molecule has 2 unspecified atom stereocenters. The molecule has 2 heterocycles. The molecule has 5 rings (SSSR count). The molecule has 3 N–H and O–H groups in total. The number of fused-ring (bicyclic) bond motifs is 3. The van der Waals surface area contributed by atoms with E-state index in [4.69, 9.17) is 0 Å². The van der Waals surface area contributed by atoms with Crippen LogP contribution < -0.4 is 10.6 Å². The summed E-state index contributed by atoms with van der Waals surface area (Å²) in [6.07, 6.45) is -2.40. The molecule has 1 aliphatic carbocycles. The van der Waals surface area contributed by atoms with Crippen molar-refractivity contribution in [2.75, 3.05) is 0 Å². The molecule has 0 fully saturated rings. The van der Waals surface area contributed by atoms with Crippen molar-refractivity contribution in [1.82, 2.24) is 20.6 Å². The normalized spacial score (nSPS) is 17.9. The largest absolute Gasteiger partial charge is 0.418 e. The number of aromatic amines is 1. The minimum atomic E-state index is -4.63. The molecular weight excluding hydrogens is 700 g/mol. The Balaban J connectivity index is 1.49. The van der Waals surface area contributed by atoms with Gasteiger partial charge < -0.3 is 15.6 Å². The number of amides is 2. The number of hydrogen-bond donors (Lipinski definition) is 3. The minimum Gasteiger partial charge on any atom is -0.358 e. The van der Waals surface area contributed by atoms with Crippen molar-refractivity contribution in [3.8, 4) is 0 Å². The van der Waals surface area contributed by atoms with Crippen LogP contribution in [0.4, 0.5) is 17.6 Å². The highest BCUT2D eigenvalue weighted by Crippen LogP contribution is 2.41.